The number of aliphatic carboxylic acids is 1. The molecule has 0 saturated heterocycles. The quantitative estimate of drug-likeness (QED) is 0.437. The van der Waals surface area contributed by atoms with Gasteiger partial charge >= 0.3 is 5.97 Å². The summed E-state index contributed by atoms with van der Waals surface area (Å²) in [6, 6.07) is 0. The molecule has 6 nitrogen and oxygen atoms in total. The summed E-state index contributed by atoms with van der Waals surface area (Å²) < 4.78 is 0. The molecule has 0 aliphatic carbocycles. The van der Waals surface area contributed by atoms with Gasteiger partial charge in [0.05, 0.1) is 37.3 Å². The Kier molecular flexibility index (Phi) is 10.1. The van der Waals surface area contributed by atoms with Crippen molar-refractivity contribution in [2.24, 2.45) is 10.8 Å². The molecule has 0 amide bonds. The number of hydrogen-bond donors (Lipinski definition) is 5. The second-order valence-electron chi connectivity index (χ2n) is 5.07. The van der Waals surface area contributed by atoms with Crippen LogP contribution in [0.4, 0.5) is 0 Å². The van der Waals surface area contributed by atoms with E-state index in [4.69, 9.17) is 25.5 Å². The van der Waals surface area contributed by atoms with Crippen molar-refractivity contribution in [2.45, 2.75) is 33.6 Å². The maximum Gasteiger partial charge on any atom is 0.309 e. The lowest BCUT2D eigenvalue weighted by Crippen LogP contribution is -2.37. The molecule has 18 heavy (non-hydrogen) atoms. The maximum absolute atomic E-state index is 10.4. The Hall–Kier alpha value is -0.690. The van der Waals surface area contributed by atoms with Crippen LogP contribution in [0.3, 0.4) is 0 Å². The van der Waals surface area contributed by atoms with Gasteiger partial charge in [-0.3, -0.25) is 4.79 Å². The molecular weight excluding hydrogens is 240 g/mol. The second-order valence-corrected chi connectivity index (χ2v) is 5.07. The summed E-state index contributed by atoms with van der Waals surface area (Å²) in [5.74, 6) is -0.704. The third-order valence-electron chi connectivity index (χ3n) is 2.80. The summed E-state index contributed by atoms with van der Waals surface area (Å²) in [6.45, 7) is 3.86. The Bertz CT molecular complexity index is 205. The topological polar surface area (TPSA) is 118 Å². The van der Waals surface area contributed by atoms with Crippen molar-refractivity contribution in [3.05, 3.63) is 0 Å². The summed E-state index contributed by atoms with van der Waals surface area (Å²) in [5, 5.41) is 42.6. The molecule has 0 aromatic carbocycles. The van der Waals surface area contributed by atoms with E-state index < -0.39 is 43.2 Å². The van der Waals surface area contributed by atoms with Gasteiger partial charge < -0.3 is 25.5 Å². The molecule has 0 aromatic heterocycles. The van der Waals surface area contributed by atoms with E-state index in [1.54, 1.807) is 13.8 Å². The molecule has 6 heteroatoms. The number of carboxylic acid groups (broad SMARTS) is 1. The van der Waals surface area contributed by atoms with Crippen LogP contribution in [0.1, 0.15) is 33.6 Å². The summed E-state index contributed by atoms with van der Waals surface area (Å²) in [7, 11) is 0. The van der Waals surface area contributed by atoms with Crippen LogP contribution in [0.15, 0.2) is 0 Å². The Balaban J connectivity index is 0. The average molecular weight is 266 g/mol. The number of aliphatic hydroxyl groups excluding tert-OH is 4. The smallest absolute Gasteiger partial charge is 0.309 e. The van der Waals surface area contributed by atoms with Gasteiger partial charge in [0.25, 0.3) is 0 Å². The SMILES string of the molecule is CCCC(C)(C)C(=O)O.OCC(CO)(CO)CO. The molecule has 0 aliphatic rings. The van der Waals surface area contributed by atoms with Crippen molar-refractivity contribution >= 4 is 5.97 Å². The largest absolute Gasteiger partial charge is 0.481 e. The fourth-order valence-electron chi connectivity index (χ4n) is 1.03. The molecule has 0 unspecified atom stereocenters. The molecule has 0 saturated carbocycles. The number of rotatable bonds is 7. The van der Waals surface area contributed by atoms with E-state index in [-0.39, 0.29) is 0 Å². The molecule has 5 N–H and O–H groups in total. The van der Waals surface area contributed by atoms with Crippen molar-refractivity contribution in [1.82, 2.24) is 0 Å². The van der Waals surface area contributed by atoms with Gasteiger partial charge in [-0.25, -0.2) is 0 Å². The van der Waals surface area contributed by atoms with Gasteiger partial charge in [-0.05, 0) is 20.3 Å². The molecule has 0 fully saturated rings. The highest BCUT2D eigenvalue weighted by Crippen LogP contribution is 2.21. The van der Waals surface area contributed by atoms with Crippen LogP contribution in [-0.4, -0.2) is 57.9 Å². The summed E-state index contributed by atoms with van der Waals surface area (Å²) in [4.78, 5) is 10.4. The summed E-state index contributed by atoms with van der Waals surface area (Å²) >= 11 is 0. The van der Waals surface area contributed by atoms with Crippen LogP contribution in [0.2, 0.25) is 0 Å². The van der Waals surface area contributed by atoms with E-state index >= 15 is 0 Å². The zero-order chi connectivity index (χ0) is 14.8. The van der Waals surface area contributed by atoms with Gasteiger partial charge in [0.15, 0.2) is 0 Å². The summed E-state index contributed by atoms with van der Waals surface area (Å²) in [6.07, 6.45) is 1.68. The number of hydrogen-bond acceptors (Lipinski definition) is 5. The van der Waals surface area contributed by atoms with Gasteiger partial charge in [-0.1, -0.05) is 13.3 Å². The first-order valence-corrected chi connectivity index (χ1v) is 5.92. The van der Waals surface area contributed by atoms with Gasteiger partial charge in [0.2, 0.25) is 0 Å². The Morgan fingerprint density at radius 1 is 0.944 bits per heavy atom. The van der Waals surface area contributed by atoms with Gasteiger partial charge in [0, 0.05) is 0 Å². The fraction of sp³-hybridized carbons (Fsp3) is 0.917. The van der Waals surface area contributed by atoms with E-state index in [1.165, 1.54) is 0 Å². The first-order chi connectivity index (χ1) is 8.25. The molecular formula is C12H26O6. The highest BCUT2D eigenvalue weighted by Gasteiger charge is 2.26. The molecule has 0 rings (SSSR count). The normalized spacial score (nSPS) is 11.7. The lowest BCUT2D eigenvalue weighted by Gasteiger charge is -2.23. The van der Waals surface area contributed by atoms with Crippen molar-refractivity contribution in [2.75, 3.05) is 26.4 Å². The first kappa shape index (κ1) is 19.6. The monoisotopic (exact) mass is 266 g/mol. The van der Waals surface area contributed by atoms with E-state index in [0.717, 1.165) is 12.8 Å². The minimum atomic E-state index is -1.11. The predicted octanol–water partition coefficient (Wildman–Crippen LogP) is -0.161. The number of aliphatic hydroxyl groups is 4. The van der Waals surface area contributed by atoms with Gasteiger partial charge in [-0.15, -0.1) is 0 Å². The zero-order valence-electron chi connectivity index (χ0n) is 11.4. The Morgan fingerprint density at radius 2 is 1.28 bits per heavy atom. The van der Waals surface area contributed by atoms with Crippen molar-refractivity contribution in [1.29, 1.82) is 0 Å². The molecule has 0 aromatic rings. The highest BCUT2D eigenvalue weighted by atomic mass is 16.4. The number of carbonyl (C=O) groups is 1. The highest BCUT2D eigenvalue weighted by molar-refractivity contribution is 5.73. The fourth-order valence-corrected chi connectivity index (χ4v) is 1.03. The molecule has 110 valence electrons. The van der Waals surface area contributed by atoms with Gasteiger partial charge in [0.1, 0.15) is 0 Å². The van der Waals surface area contributed by atoms with Crippen molar-refractivity contribution in [3.63, 3.8) is 0 Å². The predicted molar refractivity (Wildman–Crippen MR) is 67.1 cm³/mol. The van der Waals surface area contributed by atoms with Crippen LogP contribution in [0, 0.1) is 10.8 Å². The van der Waals surface area contributed by atoms with Crippen LogP contribution >= 0.6 is 0 Å². The van der Waals surface area contributed by atoms with Crippen LogP contribution < -0.4 is 0 Å². The van der Waals surface area contributed by atoms with Crippen LogP contribution in [-0.2, 0) is 4.79 Å². The standard InChI is InChI=1S/C7H14O2.C5H12O4/c1-4-5-7(2,3)6(8)9;6-1-5(2-7,3-8)4-9/h4-5H2,1-3H3,(H,8,9);6-9H,1-4H2. The maximum atomic E-state index is 10.4. The van der Waals surface area contributed by atoms with Crippen molar-refractivity contribution in [3.8, 4) is 0 Å². The lowest BCUT2D eigenvalue weighted by atomic mass is 9.88. The lowest BCUT2D eigenvalue weighted by molar-refractivity contribution is -0.147. The molecule has 0 radical (unpaired) electrons. The van der Waals surface area contributed by atoms with E-state index in [2.05, 4.69) is 0 Å². The molecule has 0 bridgehead atoms. The van der Waals surface area contributed by atoms with Crippen LogP contribution in [0.5, 0.6) is 0 Å². The second kappa shape index (κ2) is 9.27. The minimum Gasteiger partial charge on any atom is -0.481 e. The molecule has 0 atom stereocenters. The molecule has 0 aliphatic heterocycles. The number of carboxylic acids is 1. The minimum absolute atomic E-state index is 0.406. The first-order valence-electron chi connectivity index (χ1n) is 5.92. The average Bonchev–Trinajstić information content (AvgIpc) is 2.33. The Labute approximate surface area is 108 Å². The van der Waals surface area contributed by atoms with Crippen LogP contribution in [0.25, 0.3) is 0 Å². The third kappa shape index (κ3) is 6.90. The third-order valence-corrected chi connectivity index (χ3v) is 2.80. The molecule has 0 spiro atoms. The molecule has 0 heterocycles. The van der Waals surface area contributed by atoms with Crippen molar-refractivity contribution < 1.29 is 30.3 Å². The zero-order valence-corrected chi connectivity index (χ0v) is 11.4. The van der Waals surface area contributed by atoms with Gasteiger partial charge in [-0.2, -0.15) is 0 Å². The summed E-state index contributed by atoms with van der Waals surface area (Å²) in [5.41, 5.74) is -1.64. The Morgan fingerprint density at radius 3 is 1.33 bits per heavy atom. The van der Waals surface area contributed by atoms with E-state index in [1.807, 2.05) is 6.92 Å². The van der Waals surface area contributed by atoms with E-state index in [0.29, 0.717) is 0 Å². The van der Waals surface area contributed by atoms with E-state index in [9.17, 15) is 4.79 Å².